The Hall–Kier alpha value is -2.16. The second kappa shape index (κ2) is 7.61. The van der Waals surface area contributed by atoms with E-state index in [9.17, 15) is 8.78 Å². The van der Waals surface area contributed by atoms with Crippen LogP contribution in [0.25, 0.3) is 0 Å². The number of aromatic nitrogens is 2. The fraction of sp³-hybridized carbons (Fsp3) is 0.118. The van der Waals surface area contributed by atoms with Gasteiger partial charge in [-0.05, 0) is 46.9 Å². The first-order valence-corrected chi connectivity index (χ1v) is 8.29. The molecular formula is C17H14F2IN3O. The van der Waals surface area contributed by atoms with Crippen molar-refractivity contribution in [1.29, 1.82) is 0 Å². The number of anilines is 2. The van der Waals surface area contributed by atoms with Gasteiger partial charge in [0, 0.05) is 33.8 Å². The minimum Gasteiger partial charge on any atom is -0.492 e. The molecule has 1 aromatic heterocycles. The van der Waals surface area contributed by atoms with Crippen molar-refractivity contribution in [1.82, 2.24) is 9.55 Å². The largest absolute Gasteiger partial charge is 0.492 e. The van der Waals surface area contributed by atoms with Crippen LogP contribution in [0.5, 0.6) is 5.75 Å². The van der Waals surface area contributed by atoms with Crippen molar-refractivity contribution in [3.8, 4) is 5.75 Å². The lowest BCUT2D eigenvalue weighted by atomic mass is 10.2. The van der Waals surface area contributed by atoms with Crippen LogP contribution in [0.15, 0.2) is 55.1 Å². The molecule has 0 atom stereocenters. The van der Waals surface area contributed by atoms with E-state index in [1.54, 1.807) is 30.7 Å². The number of imidazole rings is 1. The molecule has 3 aromatic rings. The van der Waals surface area contributed by atoms with Crippen molar-refractivity contribution < 1.29 is 13.5 Å². The lowest BCUT2D eigenvalue weighted by Gasteiger charge is -2.11. The van der Waals surface area contributed by atoms with Gasteiger partial charge in [0.05, 0.1) is 18.6 Å². The van der Waals surface area contributed by atoms with Gasteiger partial charge in [0.2, 0.25) is 0 Å². The van der Waals surface area contributed by atoms with Crippen LogP contribution >= 0.6 is 22.6 Å². The maximum absolute atomic E-state index is 13.9. The third kappa shape index (κ3) is 4.44. The number of halogens is 3. The molecule has 1 heterocycles. The van der Waals surface area contributed by atoms with Gasteiger partial charge in [0.15, 0.2) is 0 Å². The first kappa shape index (κ1) is 16.7. The van der Waals surface area contributed by atoms with E-state index in [0.29, 0.717) is 24.6 Å². The van der Waals surface area contributed by atoms with Crippen molar-refractivity contribution >= 4 is 34.0 Å². The molecular weight excluding hydrogens is 427 g/mol. The molecule has 0 radical (unpaired) electrons. The Balaban J connectivity index is 1.68. The van der Waals surface area contributed by atoms with E-state index in [-0.39, 0.29) is 5.69 Å². The summed E-state index contributed by atoms with van der Waals surface area (Å²) in [5.41, 5.74) is 0.707. The highest BCUT2D eigenvalue weighted by molar-refractivity contribution is 14.1. The molecule has 0 spiro atoms. The van der Waals surface area contributed by atoms with Gasteiger partial charge in [0.1, 0.15) is 24.0 Å². The third-order valence-corrected chi connectivity index (χ3v) is 3.93. The van der Waals surface area contributed by atoms with Gasteiger partial charge in [-0.15, -0.1) is 0 Å². The SMILES string of the molecule is Fc1cc(Nc2ccc(I)cc2F)cc(OCCn2ccnc2)c1. The van der Waals surface area contributed by atoms with E-state index in [2.05, 4.69) is 10.3 Å². The Morgan fingerprint density at radius 3 is 2.79 bits per heavy atom. The van der Waals surface area contributed by atoms with E-state index in [1.165, 1.54) is 18.2 Å². The van der Waals surface area contributed by atoms with Gasteiger partial charge in [-0.1, -0.05) is 0 Å². The van der Waals surface area contributed by atoms with Gasteiger partial charge in [-0.2, -0.15) is 0 Å². The summed E-state index contributed by atoms with van der Waals surface area (Å²) in [5.74, 6) is -0.471. The Morgan fingerprint density at radius 2 is 2.04 bits per heavy atom. The van der Waals surface area contributed by atoms with Crippen molar-refractivity contribution in [2.75, 3.05) is 11.9 Å². The molecule has 1 N–H and O–H groups in total. The smallest absolute Gasteiger partial charge is 0.147 e. The standard InChI is InChI=1S/C17H14F2IN3O/c18-12-7-14(22-17-2-1-13(20)9-16(17)19)10-15(8-12)24-6-5-23-4-3-21-11-23/h1-4,7-11,22H,5-6H2. The van der Waals surface area contributed by atoms with Crippen molar-refractivity contribution in [2.45, 2.75) is 6.54 Å². The molecule has 24 heavy (non-hydrogen) atoms. The average molecular weight is 441 g/mol. The number of benzene rings is 2. The highest BCUT2D eigenvalue weighted by Crippen LogP contribution is 2.26. The van der Waals surface area contributed by atoms with Crippen LogP contribution < -0.4 is 10.1 Å². The molecule has 0 saturated carbocycles. The van der Waals surface area contributed by atoms with E-state index < -0.39 is 11.6 Å². The minimum atomic E-state index is -0.455. The zero-order valence-corrected chi connectivity index (χ0v) is 14.7. The zero-order valence-electron chi connectivity index (χ0n) is 12.5. The zero-order chi connectivity index (χ0) is 16.9. The molecule has 7 heteroatoms. The van der Waals surface area contributed by atoms with Crippen LogP contribution in [-0.4, -0.2) is 16.2 Å². The van der Waals surface area contributed by atoms with Gasteiger partial charge < -0.3 is 14.6 Å². The highest BCUT2D eigenvalue weighted by Gasteiger charge is 2.06. The van der Waals surface area contributed by atoms with Crippen molar-refractivity contribution in [3.63, 3.8) is 0 Å². The molecule has 0 amide bonds. The van der Waals surface area contributed by atoms with Crippen LogP contribution in [-0.2, 0) is 6.54 Å². The molecule has 2 aromatic carbocycles. The van der Waals surface area contributed by atoms with Crippen molar-refractivity contribution in [3.05, 3.63) is 70.3 Å². The van der Waals surface area contributed by atoms with Crippen LogP contribution in [0.2, 0.25) is 0 Å². The molecule has 0 unspecified atom stereocenters. The summed E-state index contributed by atoms with van der Waals surface area (Å²) in [7, 11) is 0. The Kier molecular flexibility index (Phi) is 5.29. The Morgan fingerprint density at radius 1 is 1.17 bits per heavy atom. The monoisotopic (exact) mass is 441 g/mol. The summed E-state index contributed by atoms with van der Waals surface area (Å²) in [4.78, 5) is 3.94. The van der Waals surface area contributed by atoms with Crippen LogP contribution in [0.4, 0.5) is 20.2 Å². The molecule has 4 nitrogen and oxygen atoms in total. The summed E-state index contributed by atoms with van der Waals surface area (Å²) in [6, 6.07) is 9.01. The molecule has 124 valence electrons. The number of hydrogen-bond donors (Lipinski definition) is 1. The summed E-state index contributed by atoms with van der Waals surface area (Å²) in [6.07, 6.45) is 5.18. The quantitative estimate of drug-likeness (QED) is 0.569. The average Bonchev–Trinajstić information content (AvgIpc) is 3.03. The second-order valence-corrected chi connectivity index (χ2v) is 6.32. The summed E-state index contributed by atoms with van der Waals surface area (Å²) in [6.45, 7) is 0.974. The predicted octanol–water partition coefficient (Wildman–Crippen LogP) is 4.59. The number of rotatable bonds is 6. The topological polar surface area (TPSA) is 39.1 Å². The minimum absolute atomic E-state index is 0.283. The van der Waals surface area contributed by atoms with Gasteiger partial charge in [0.25, 0.3) is 0 Å². The second-order valence-electron chi connectivity index (χ2n) is 5.07. The summed E-state index contributed by atoms with van der Waals surface area (Å²) in [5, 5.41) is 2.87. The summed E-state index contributed by atoms with van der Waals surface area (Å²) < 4.78 is 35.9. The van der Waals surface area contributed by atoms with Crippen LogP contribution in [0.3, 0.4) is 0 Å². The Labute approximate surface area is 151 Å². The fourth-order valence-corrected chi connectivity index (χ4v) is 2.61. The molecule has 0 aliphatic carbocycles. The first-order chi connectivity index (χ1) is 11.6. The number of hydrogen-bond acceptors (Lipinski definition) is 3. The number of nitrogens with one attached hydrogen (secondary N) is 1. The number of nitrogens with zero attached hydrogens (tertiary/aromatic N) is 2. The molecule has 0 bridgehead atoms. The van der Waals surface area contributed by atoms with Gasteiger partial charge in [-0.25, -0.2) is 13.8 Å². The number of ether oxygens (including phenoxy) is 1. The predicted molar refractivity (Wildman–Crippen MR) is 96.5 cm³/mol. The third-order valence-electron chi connectivity index (χ3n) is 3.26. The Bertz CT molecular complexity index is 825. The molecule has 0 fully saturated rings. The van der Waals surface area contributed by atoms with E-state index in [4.69, 9.17) is 4.74 Å². The van der Waals surface area contributed by atoms with Crippen LogP contribution in [0, 0.1) is 15.2 Å². The highest BCUT2D eigenvalue weighted by atomic mass is 127. The van der Waals surface area contributed by atoms with Crippen molar-refractivity contribution in [2.24, 2.45) is 0 Å². The molecule has 3 rings (SSSR count). The lowest BCUT2D eigenvalue weighted by molar-refractivity contribution is 0.297. The maximum atomic E-state index is 13.9. The first-order valence-electron chi connectivity index (χ1n) is 7.21. The van der Waals surface area contributed by atoms with Gasteiger partial charge >= 0.3 is 0 Å². The molecule has 0 saturated heterocycles. The van der Waals surface area contributed by atoms with Gasteiger partial charge in [-0.3, -0.25) is 0 Å². The molecule has 0 aliphatic rings. The van der Waals surface area contributed by atoms with E-state index >= 15 is 0 Å². The van der Waals surface area contributed by atoms with E-state index in [1.807, 2.05) is 33.4 Å². The maximum Gasteiger partial charge on any atom is 0.147 e. The summed E-state index contributed by atoms with van der Waals surface area (Å²) >= 11 is 2.03. The fourth-order valence-electron chi connectivity index (χ4n) is 2.15. The normalized spacial score (nSPS) is 10.6. The van der Waals surface area contributed by atoms with Crippen LogP contribution in [0.1, 0.15) is 0 Å². The lowest BCUT2D eigenvalue weighted by Crippen LogP contribution is -2.06. The van der Waals surface area contributed by atoms with E-state index in [0.717, 1.165) is 3.57 Å². The molecule has 0 aliphatic heterocycles.